The number of hydrogen-bond donors (Lipinski definition) is 1. The third-order valence-corrected chi connectivity index (χ3v) is 6.65. The Labute approximate surface area is 240 Å². The van der Waals surface area contributed by atoms with Gasteiger partial charge in [0, 0.05) is 12.3 Å². The minimum absolute atomic E-state index is 0.163. The van der Waals surface area contributed by atoms with Crippen molar-refractivity contribution in [3.8, 4) is 0 Å². The van der Waals surface area contributed by atoms with Crippen molar-refractivity contribution < 1.29 is 33.6 Å². The third kappa shape index (κ3) is 6.55. The van der Waals surface area contributed by atoms with E-state index in [2.05, 4.69) is 0 Å². The molecule has 5 rings (SSSR count). The molecule has 11 nitrogen and oxygen atoms in total. The van der Waals surface area contributed by atoms with Crippen molar-refractivity contribution in [3.05, 3.63) is 141 Å². The van der Waals surface area contributed by atoms with Crippen LogP contribution in [0.1, 0.15) is 32.5 Å². The first-order valence-corrected chi connectivity index (χ1v) is 13.2. The van der Waals surface area contributed by atoms with Crippen molar-refractivity contribution in [2.45, 2.75) is 37.9 Å². The average molecular weight is 573 g/mol. The minimum atomic E-state index is -1.55. The van der Waals surface area contributed by atoms with E-state index in [1.807, 2.05) is 30.3 Å². The van der Waals surface area contributed by atoms with Gasteiger partial charge in [0.15, 0.2) is 12.3 Å². The van der Waals surface area contributed by atoms with Gasteiger partial charge in [-0.05, 0) is 29.8 Å². The maximum Gasteiger partial charge on any atom is 0.338 e. The summed E-state index contributed by atoms with van der Waals surface area (Å²) in [5.74, 6) is -1.39. The van der Waals surface area contributed by atoms with Gasteiger partial charge in [-0.3, -0.25) is 9.36 Å². The molecule has 4 aromatic rings. The number of esters is 2. The second-order valence-electron chi connectivity index (χ2n) is 9.49. The molecule has 1 N–H and O–H groups in total. The quantitative estimate of drug-likeness (QED) is 0.285. The highest BCUT2D eigenvalue weighted by molar-refractivity contribution is 5.90. The average Bonchev–Trinajstić information content (AvgIpc) is 3.33. The molecule has 216 valence electrons. The van der Waals surface area contributed by atoms with E-state index in [1.54, 1.807) is 60.7 Å². The number of rotatable bonds is 10. The maximum absolute atomic E-state index is 13.3. The molecule has 0 saturated carbocycles. The Morgan fingerprint density at radius 3 is 2.05 bits per heavy atom. The first-order valence-electron chi connectivity index (χ1n) is 13.2. The zero-order valence-corrected chi connectivity index (χ0v) is 22.4. The van der Waals surface area contributed by atoms with Crippen LogP contribution in [0.5, 0.6) is 0 Å². The van der Waals surface area contributed by atoms with E-state index in [1.165, 1.54) is 6.20 Å². The van der Waals surface area contributed by atoms with Gasteiger partial charge in [0.05, 0.1) is 17.7 Å². The summed E-state index contributed by atoms with van der Waals surface area (Å²) < 4.78 is 24.4. The van der Waals surface area contributed by atoms with Crippen LogP contribution < -0.4 is 11.2 Å². The number of nitrogens with zero attached hydrogens (tertiary/aromatic N) is 2. The molecule has 1 aliphatic heterocycles. The summed E-state index contributed by atoms with van der Waals surface area (Å²) in [5.41, 5.74) is -0.0436. The predicted molar refractivity (Wildman–Crippen MR) is 148 cm³/mol. The van der Waals surface area contributed by atoms with Gasteiger partial charge >= 0.3 is 17.6 Å². The summed E-state index contributed by atoms with van der Waals surface area (Å²) in [6, 6.07) is 26.8. The zero-order chi connectivity index (χ0) is 29.5. The lowest BCUT2D eigenvalue weighted by molar-refractivity contribution is -0.0626. The van der Waals surface area contributed by atoms with Gasteiger partial charge in [-0.25, -0.2) is 19.0 Å². The molecule has 42 heavy (non-hydrogen) atoms. The van der Waals surface area contributed by atoms with E-state index in [0.717, 1.165) is 20.8 Å². The monoisotopic (exact) mass is 572 g/mol. The van der Waals surface area contributed by atoms with E-state index in [-0.39, 0.29) is 25.5 Å². The highest BCUT2D eigenvalue weighted by Crippen LogP contribution is 2.31. The summed E-state index contributed by atoms with van der Waals surface area (Å²) in [5, 5.41) is 11.2. The summed E-state index contributed by atoms with van der Waals surface area (Å²) in [6.45, 7) is -0.570. The van der Waals surface area contributed by atoms with Crippen LogP contribution in [0.3, 0.4) is 0 Å². The van der Waals surface area contributed by atoms with Crippen LogP contribution in [0.2, 0.25) is 0 Å². The van der Waals surface area contributed by atoms with Crippen LogP contribution in [0.15, 0.2) is 113 Å². The fraction of sp³-hybridized carbons (Fsp3) is 0.226. The molecule has 1 saturated heterocycles. The number of aliphatic hydroxyl groups is 1. The largest absolute Gasteiger partial charge is 0.459 e. The predicted octanol–water partition coefficient (Wildman–Crippen LogP) is 2.53. The van der Waals surface area contributed by atoms with E-state index in [9.17, 15) is 24.3 Å². The molecule has 4 atom stereocenters. The van der Waals surface area contributed by atoms with Crippen LogP contribution in [-0.4, -0.2) is 51.1 Å². The standard InChI is InChI=1S/C31H28N2O9/c34-25-16-17-32(31(38)33(25)20-39-18-21-10-4-1-5-11-21)28-26(35)27(42-30(37)23-14-8-3-9-15-23)24(41-28)19-40-29(36)22-12-6-2-7-13-22/h1-17,24,26-28,35H,18-20H2/t24-,26-,27-,28-/m0/s1. The van der Waals surface area contributed by atoms with Crippen molar-refractivity contribution in [1.29, 1.82) is 0 Å². The minimum Gasteiger partial charge on any atom is -0.459 e. The molecule has 0 radical (unpaired) electrons. The molecule has 0 aliphatic carbocycles. The molecule has 1 aliphatic rings. The van der Waals surface area contributed by atoms with Gasteiger partial charge in [0.2, 0.25) is 0 Å². The van der Waals surface area contributed by atoms with Gasteiger partial charge < -0.3 is 24.1 Å². The molecule has 1 fully saturated rings. The Morgan fingerprint density at radius 2 is 1.40 bits per heavy atom. The SMILES string of the molecule is O=C(OC[C@@H]1O[C@H](n2ccc(=O)n(COCc3ccccc3)c2=O)[C@@H](O)[C@H]1OC(=O)c1ccccc1)c1ccccc1. The van der Waals surface area contributed by atoms with E-state index in [4.69, 9.17) is 18.9 Å². The van der Waals surface area contributed by atoms with Crippen molar-refractivity contribution in [1.82, 2.24) is 9.13 Å². The molecule has 1 aromatic heterocycles. The number of carbonyl (C=O) groups excluding carboxylic acids is 2. The van der Waals surface area contributed by atoms with Gasteiger partial charge in [0.25, 0.3) is 5.56 Å². The van der Waals surface area contributed by atoms with Crippen molar-refractivity contribution in [2.24, 2.45) is 0 Å². The van der Waals surface area contributed by atoms with Crippen molar-refractivity contribution in [3.63, 3.8) is 0 Å². The Hall–Kier alpha value is -4.84. The van der Waals surface area contributed by atoms with Gasteiger partial charge in [-0.15, -0.1) is 0 Å². The lowest BCUT2D eigenvalue weighted by Crippen LogP contribution is -2.44. The number of carbonyl (C=O) groups is 2. The summed E-state index contributed by atoms with van der Waals surface area (Å²) in [7, 11) is 0. The molecule has 0 spiro atoms. The van der Waals surface area contributed by atoms with Gasteiger partial charge in [0.1, 0.15) is 25.5 Å². The lowest BCUT2D eigenvalue weighted by Gasteiger charge is -2.21. The number of ether oxygens (including phenoxy) is 4. The highest BCUT2D eigenvalue weighted by atomic mass is 16.6. The Morgan fingerprint density at radius 1 is 0.810 bits per heavy atom. The van der Waals surface area contributed by atoms with Crippen LogP contribution in [-0.2, 0) is 32.3 Å². The van der Waals surface area contributed by atoms with Gasteiger partial charge in [-0.1, -0.05) is 66.7 Å². The van der Waals surface area contributed by atoms with Crippen molar-refractivity contribution >= 4 is 11.9 Å². The first kappa shape index (κ1) is 28.7. The Bertz CT molecular complexity index is 1620. The molecule has 0 amide bonds. The normalized spacial score (nSPS) is 19.7. The second-order valence-corrected chi connectivity index (χ2v) is 9.49. The highest BCUT2D eigenvalue weighted by Gasteiger charge is 2.48. The maximum atomic E-state index is 13.3. The van der Waals surface area contributed by atoms with Crippen LogP contribution in [0, 0.1) is 0 Å². The first-order chi connectivity index (χ1) is 20.4. The smallest absolute Gasteiger partial charge is 0.338 e. The summed E-state index contributed by atoms with van der Waals surface area (Å²) >= 11 is 0. The number of aromatic nitrogens is 2. The Kier molecular flexibility index (Phi) is 9.02. The number of aliphatic hydroxyl groups excluding tert-OH is 1. The third-order valence-electron chi connectivity index (χ3n) is 6.65. The molecule has 11 heteroatoms. The summed E-state index contributed by atoms with van der Waals surface area (Å²) in [6.07, 6.45) is -4.18. The fourth-order valence-corrected chi connectivity index (χ4v) is 4.48. The van der Waals surface area contributed by atoms with E-state index >= 15 is 0 Å². The topological polar surface area (TPSA) is 135 Å². The summed E-state index contributed by atoms with van der Waals surface area (Å²) in [4.78, 5) is 51.3. The van der Waals surface area contributed by atoms with Crippen LogP contribution in [0.4, 0.5) is 0 Å². The molecule has 0 bridgehead atoms. The lowest BCUT2D eigenvalue weighted by atomic mass is 10.1. The zero-order valence-electron chi connectivity index (χ0n) is 22.4. The Balaban J connectivity index is 1.36. The molecule has 0 unspecified atom stereocenters. The van der Waals surface area contributed by atoms with E-state index in [0.29, 0.717) is 5.56 Å². The molecular formula is C31H28N2O9. The van der Waals surface area contributed by atoms with Crippen molar-refractivity contribution in [2.75, 3.05) is 6.61 Å². The van der Waals surface area contributed by atoms with Gasteiger partial charge in [-0.2, -0.15) is 0 Å². The number of benzene rings is 3. The van der Waals surface area contributed by atoms with E-state index < -0.39 is 47.7 Å². The molecule has 3 aromatic carbocycles. The molecular weight excluding hydrogens is 544 g/mol. The molecule has 2 heterocycles. The van der Waals surface area contributed by atoms with Crippen LogP contribution >= 0.6 is 0 Å². The number of hydrogen-bond acceptors (Lipinski definition) is 9. The fourth-order valence-electron chi connectivity index (χ4n) is 4.48. The second kappa shape index (κ2) is 13.2. The van der Waals surface area contributed by atoms with Crippen LogP contribution in [0.25, 0.3) is 0 Å².